The molecule has 1 aromatic carbocycles. The van der Waals surface area contributed by atoms with Gasteiger partial charge in [-0.05, 0) is 30.7 Å². The number of hydrogen-bond donors (Lipinski definition) is 3. The lowest BCUT2D eigenvalue weighted by Gasteiger charge is -2.27. The Balaban J connectivity index is 1.94. The van der Waals surface area contributed by atoms with E-state index >= 15 is 0 Å². The number of oxime groups is 1. The molecule has 21 heavy (non-hydrogen) atoms. The molecule has 1 fully saturated rings. The van der Waals surface area contributed by atoms with Gasteiger partial charge in [-0.3, -0.25) is 0 Å². The molecule has 0 aliphatic heterocycles. The third kappa shape index (κ3) is 3.73. The molecule has 5 heteroatoms. The fourth-order valence-electron chi connectivity index (χ4n) is 3.15. The maximum absolute atomic E-state index is 14.0. The van der Waals surface area contributed by atoms with Crippen LogP contribution in [-0.2, 0) is 6.54 Å². The number of benzene rings is 1. The quantitative estimate of drug-likeness (QED) is 0.327. The Morgan fingerprint density at radius 3 is 2.71 bits per heavy atom. The number of halogens is 1. The summed E-state index contributed by atoms with van der Waals surface area (Å²) < 4.78 is 14.0. The van der Waals surface area contributed by atoms with Crippen LogP contribution in [0.5, 0.6) is 0 Å². The van der Waals surface area contributed by atoms with Gasteiger partial charge in [0.15, 0.2) is 5.84 Å². The summed E-state index contributed by atoms with van der Waals surface area (Å²) >= 11 is 0. The Hall–Kier alpha value is -1.62. The van der Waals surface area contributed by atoms with Crippen molar-refractivity contribution in [3.05, 3.63) is 35.1 Å². The largest absolute Gasteiger partial charge is 0.409 e. The topological polar surface area (TPSA) is 70.6 Å². The molecule has 0 bridgehead atoms. The third-order valence-corrected chi connectivity index (χ3v) is 4.69. The Morgan fingerprint density at radius 1 is 1.43 bits per heavy atom. The molecule has 0 saturated heterocycles. The Bertz CT molecular complexity index is 510. The minimum Gasteiger partial charge on any atom is -0.409 e. The Kier molecular flexibility index (Phi) is 5.17. The molecular formula is C16H24FN3O. The van der Waals surface area contributed by atoms with Gasteiger partial charge in [-0.25, -0.2) is 4.39 Å². The van der Waals surface area contributed by atoms with Gasteiger partial charge < -0.3 is 16.3 Å². The van der Waals surface area contributed by atoms with Crippen LogP contribution < -0.4 is 11.1 Å². The molecule has 0 spiro atoms. The third-order valence-electron chi connectivity index (χ3n) is 4.69. The maximum Gasteiger partial charge on any atom is 0.170 e. The lowest BCUT2D eigenvalue weighted by atomic mass is 9.83. The second-order valence-corrected chi connectivity index (χ2v) is 5.96. The molecule has 0 unspecified atom stereocenters. The van der Waals surface area contributed by atoms with E-state index in [4.69, 9.17) is 10.9 Å². The van der Waals surface area contributed by atoms with Crippen LogP contribution in [0.2, 0.25) is 0 Å². The molecule has 0 radical (unpaired) electrons. The summed E-state index contributed by atoms with van der Waals surface area (Å²) in [6.07, 6.45) is 6.31. The van der Waals surface area contributed by atoms with Crippen LogP contribution in [0.25, 0.3) is 0 Å². The van der Waals surface area contributed by atoms with E-state index in [1.807, 2.05) is 0 Å². The number of hydrogen-bond acceptors (Lipinski definition) is 3. The van der Waals surface area contributed by atoms with Gasteiger partial charge in [-0.1, -0.05) is 37.1 Å². The van der Waals surface area contributed by atoms with E-state index in [0.29, 0.717) is 23.1 Å². The summed E-state index contributed by atoms with van der Waals surface area (Å²) in [5, 5.41) is 14.9. The van der Waals surface area contributed by atoms with Gasteiger partial charge in [-0.2, -0.15) is 0 Å². The fourth-order valence-corrected chi connectivity index (χ4v) is 3.15. The zero-order valence-corrected chi connectivity index (χ0v) is 12.5. The summed E-state index contributed by atoms with van der Waals surface area (Å²) in [4.78, 5) is 0. The predicted molar refractivity (Wildman–Crippen MR) is 81.8 cm³/mol. The van der Waals surface area contributed by atoms with Crippen molar-refractivity contribution in [3.8, 4) is 0 Å². The zero-order chi connectivity index (χ0) is 15.3. The monoisotopic (exact) mass is 293 g/mol. The fraction of sp³-hybridized carbons (Fsp3) is 0.562. The molecule has 1 aromatic rings. The highest BCUT2D eigenvalue weighted by atomic mass is 19.1. The van der Waals surface area contributed by atoms with Crippen molar-refractivity contribution < 1.29 is 9.60 Å². The van der Waals surface area contributed by atoms with Crippen molar-refractivity contribution in [3.63, 3.8) is 0 Å². The standard InChI is InChI=1S/C16H24FN3O/c1-2-16(7-3-4-8-16)11-19-10-13-6-5-12(9-14(13)17)15(18)20-21/h5-6,9,19,21H,2-4,7-8,10-11H2,1H3,(H2,18,20). The van der Waals surface area contributed by atoms with Crippen LogP contribution in [-0.4, -0.2) is 17.6 Å². The molecule has 4 nitrogen and oxygen atoms in total. The van der Waals surface area contributed by atoms with Crippen LogP contribution in [0.4, 0.5) is 4.39 Å². The number of nitrogens with two attached hydrogens (primary N) is 1. The molecule has 0 heterocycles. The number of nitrogens with zero attached hydrogens (tertiary/aromatic N) is 1. The van der Waals surface area contributed by atoms with Gasteiger partial charge in [0.05, 0.1) is 0 Å². The highest BCUT2D eigenvalue weighted by Gasteiger charge is 2.31. The predicted octanol–water partition coefficient (Wildman–Crippen LogP) is 2.98. The summed E-state index contributed by atoms with van der Waals surface area (Å²) in [7, 11) is 0. The Labute approximate surface area is 125 Å². The summed E-state index contributed by atoms with van der Waals surface area (Å²) in [6.45, 7) is 3.67. The van der Waals surface area contributed by atoms with Crippen molar-refractivity contribution in [2.24, 2.45) is 16.3 Å². The highest BCUT2D eigenvalue weighted by molar-refractivity contribution is 5.97. The number of rotatable bonds is 6. The molecule has 4 N–H and O–H groups in total. The van der Waals surface area contributed by atoms with Crippen LogP contribution in [0, 0.1) is 11.2 Å². The minimum absolute atomic E-state index is 0.0794. The first-order chi connectivity index (χ1) is 10.1. The zero-order valence-electron chi connectivity index (χ0n) is 12.5. The lowest BCUT2D eigenvalue weighted by molar-refractivity contribution is 0.267. The average molecular weight is 293 g/mol. The molecule has 1 aliphatic rings. The highest BCUT2D eigenvalue weighted by Crippen LogP contribution is 2.40. The van der Waals surface area contributed by atoms with Crippen molar-refractivity contribution in [1.82, 2.24) is 5.32 Å². The summed E-state index contributed by atoms with van der Waals surface area (Å²) in [6, 6.07) is 4.65. The molecule has 0 amide bonds. The summed E-state index contributed by atoms with van der Waals surface area (Å²) in [5.41, 5.74) is 6.84. The molecule has 1 aliphatic carbocycles. The molecule has 0 aromatic heterocycles. The first-order valence-corrected chi connectivity index (χ1v) is 7.57. The molecule has 0 atom stereocenters. The first-order valence-electron chi connectivity index (χ1n) is 7.57. The van der Waals surface area contributed by atoms with E-state index in [0.717, 1.165) is 6.54 Å². The van der Waals surface area contributed by atoms with Gasteiger partial charge in [0.25, 0.3) is 0 Å². The number of amidine groups is 1. The van der Waals surface area contributed by atoms with E-state index in [2.05, 4.69) is 17.4 Å². The van der Waals surface area contributed by atoms with E-state index in [-0.39, 0.29) is 11.7 Å². The van der Waals surface area contributed by atoms with E-state index in [1.165, 1.54) is 38.2 Å². The second-order valence-electron chi connectivity index (χ2n) is 5.96. The molecule has 2 rings (SSSR count). The van der Waals surface area contributed by atoms with Crippen molar-refractivity contribution in [1.29, 1.82) is 0 Å². The first kappa shape index (κ1) is 15.8. The molecule has 116 valence electrons. The van der Waals surface area contributed by atoms with Crippen LogP contribution >= 0.6 is 0 Å². The average Bonchev–Trinajstić information content (AvgIpc) is 2.97. The molecule has 1 saturated carbocycles. The SMILES string of the molecule is CCC1(CNCc2ccc(/C(N)=N/O)cc2F)CCCC1. The second kappa shape index (κ2) is 6.89. The summed E-state index contributed by atoms with van der Waals surface area (Å²) in [5.74, 6) is -0.409. The smallest absolute Gasteiger partial charge is 0.170 e. The van der Waals surface area contributed by atoms with E-state index in [9.17, 15) is 4.39 Å². The van der Waals surface area contributed by atoms with Gasteiger partial charge in [0.1, 0.15) is 5.82 Å². The maximum atomic E-state index is 14.0. The van der Waals surface area contributed by atoms with Crippen molar-refractivity contribution in [2.45, 2.75) is 45.6 Å². The van der Waals surface area contributed by atoms with Gasteiger partial charge in [0.2, 0.25) is 0 Å². The molecular weight excluding hydrogens is 269 g/mol. The van der Waals surface area contributed by atoms with Gasteiger partial charge >= 0.3 is 0 Å². The number of nitrogens with one attached hydrogen (secondary N) is 1. The van der Waals surface area contributed by atoms with Crippen LogP contribution in [0.1, 0.15) is 50.2 Å². The van der Waals surface area contributed by atoms with E-state index in [1.54, 1.807) is 12.1 Å². The van der Waals surface area contributed by atoms with Crippen molar-refractivity contribution in [2.75, 3.05) is 6.54 Å². The van der Waals surface area contributed by atoms with Crippen LogP contribution in [0.15, 0.2) is 23.4 Å². The van der Waals surface area contributed by atoms with Crippen molar-refractivity contribution >= 4 is 5.84 Å². The minimum atomic E-state index is -0.330. The van der Waals surface area contributed by atoms with Crippen LogP contribution in [0.3, 0.4) is 0 Å². The lowest BCUT2D eigenvalue weighted by Crippen LogP contribution is -2.31. The normalized spacial score (nSPS) is 18.1. The Morgan fingerprint density at radius 2 is 2.14 bits per heavy atom. The van der Waals surface area contributed by atoms with Gasteiger partial charge in [0, 0.05) is 24.2 Å². The van der Waals surface area contributed by atoms with Gasteiger partial charge in [-0.15, -0.1) is 0 Å². The van der Waals surface area contributed by atoms with E-state index < -0.39 is 0 Å².